The van der Waals surface area contributed by atoms with E-state index in [-0.39, 0.29) is 11.6 Å². The van der Waals surface area contributed by atoms with Crippen LogP contribution in [0.4, 0.5) is 13.6 Å². The Morgan fingerprint density at radius 3 is 1.52 bits per heavy atom. The molecule has 4 rings (SSSR count). The Morgan fingerprint density at radius 1 is 0.762 bits per heavy atom. The summed E-state index contributed by atoms with van der Waals surface area (Å²) in [7, 11) is 0. The molecule has 2 aromatic rings. The maximum Gasteiger partial charge on any atom is 0.510 e. The van der Waals surface area contributed by atoms with Crippen LogP contribution in [0.25, 0.3) is 0 Å². The fourth-order valence-electron chi connectivity index (χ4n) is 3.08. The van der Waals surface area contributed by atoms with Crippen LogP contribution in [0.5, 0.6) is 0 Å². The van der Waals surface area contributed by atoms with Crippen molar-refractivity contribution in [2.75, 3.05) is 0 Å². The standard InChI is InChI=1S/C16H10F2O3/c17-12-5-1-10(2-6-12)15-9-16(15,21-14(19)20-15)11-3-7-13(18)8-4-11/h1-8H,9H2. The van der Waals surface area contributed by atoms with E-state index in [2.05, 4.69) is 0 Å². The zero-order chi connectivity index (χ0) is 14.7. The summed E-state index contributed by atoms with van der Waals surface area (Å²) >= 11 is 0. The van der Waals surface area contributed by atoms with Gasteiger partial charge >= 0.3 is 6.16 Å². The van der Waals surface area contributed by atoms with Crippen molar-refractivity contribution in [1.29, 1.82) is 0 Å². The Hall–Kier alpha value is -2.43. The van der Waals surface area contributed by atoms with Crippen molar-refractivity contribution >= 4 is 6.16 Å². The number of hydrogen-bond donors (Lipinski definition) is 0. The van der Waals surface area contributed by atoms with Gasteiger partial charge < -0.3 is 9.47 Å². The maximum absolute atomic E-state index is 13.1. The highest BCUT2D eigenvalue weighted by Gasteiger charge is 2.80. The number of fused-ring (bicyclic) bond motifs is 1. The molecule has 106 valence electrons. The van der Waals surface area contributed by atoms with Crippen LogP contribution in [0.3, 0.4) is 0 Å². The predicted octanol–water partition coefficient (Wildman–Crippen LogP) is 3.63. The third kappa shape index (κ3) is 1.54. The van der Waals surface area contributed by atoms with Crippen LogP contribution in [0.15, 0.2) is 48.5 Å². The smallest absolute Gasteiger partial charge is 0.418 e. The molecule has 0 spiro atoms. The quantitative estimate of drug-likeness (QED) is 0.792. The Balaban J connectivity index is 1.81. The molecule has 3 nitrogen and oxygen atoms in total. The van der Waals surface area contributed by atoms with Crippen LogP contribution in [0.1, 0.15) is 17.5 Å². The minimum Gasteiger partial charge on any atom is -0.418 e. The molecule has 0 aromatic heterocycles. The molecule has 21 heavy (non-hydrogen) atoms. The Bertz CT molecular complexity index is 665. The largest absolute Gasteiger partial charge is 0.510 e. The Kier molecular flexibility index (Phi) is 2.24. The van der Waals surface area contributed by atoms with E-state index in [0.717, 1.165) is 0 Å². The van der Waals surface area contributed by atoms with Crippen molar-refractivity contribution in [3.63, 3.8) is 0 Å². The molecule has 1 heterocycles. The number of carbonyl (C=O) groups is 1. The molecular weight excluding hydrogens is 278 g/mol. The van der Waals surface area contributed by atoms with Crippen LogP contribution in [-0.4, -0.2) is 6.16 Å². The maximum atomic E-state index is 13.1. The third-order valence-electron chi connectivity index (χ3n) is 4.16. The van der Waals surface area contributed by atoms with Gasteiger partial charge in [-0.2, -0.15) is 0 Å². The minimum absolute atomic E-state index is 0.367. The Labute approximate surface area is 119 Å². The van der Waals surface area contributed by atoms with E-state index in [1.165, 1.54) is 24.3 Å². The molecule has 2 fully saturated rings. The molecule has 1 saturated carbocycles. The summed E-state index contributed by atoms with van der Waals surface area (Å²) in [6.07, 6.45) is -0.335. The topological polar surface area (TPSA) is 35.5 Å². The monoisotopic (exact) mass is 288 g/mol. The second-order valence-corrected chi connectivity index (χ2v) is 5.30. The lowest BCUT2D eigenvalue weighted by Gasteiger charge is -2.15. The second kappa shape index (κ2) is 3.81. The van der Waals surface area contributed by atoms with E-state index in [1.54, 1.807) is 24.3 Å². The van der Waals surface area contributed by atoms with Crippen LogP contribution in [-0.2, 0) is 20.7 Å². The molecule has 2 aromatic carbocycles. The van der Waals surface area contributed by atoms with E-state index in [4.69, 9.17) is 9.47 Å². The molecular formula is C16H10F2O3. The first-order valence-electron chi connectivity index (χ1n) is 6.50. The van der Waals surface area contributed by atoms with Gasteiger partial charge in [0.05, 0.1) is 0 Å². The number of benzene rings is 2. The molecule has 1 saturated heterocycles. The summed E-state index contributed by atoms with van der Waals surface area (Å²) in [4.78, 5) is 11.6. The number of halogens is 2. The summed E-state index contributed by atoms with van der Waals surface area (Å²) in [6, 6.07) is 11.5. The minimum atomic E-state index is -0.949. The highest BCUT2D eigenvalue weighted by atomic mass is 19.1. The summed E-state index contributed by atoms with van der Waals surface area (Å²) < 4.78 is 36.9. The fourth-order valence-corrected chi connectivity index (χ4v) is 3.08. The molecule has 1 aliphatic carbocycles. The van der Waals surface area contributed by atoms with E-state index >= 15 is 0 Å². The zero-order valence-electron chi connectivity index (χ0n) is 10.8. The second-order valence-electron chi connectivity index (χ2n) is 5.30. The van der Waals surface area contributed by atoms with Gasteiger partial charge in [0.25, 0.3) is 0 Å². The molecule has 0 radical (unpaired) electrons. The van der Waals surface area contributed by atoms with Crippen LogP contribution in [0, 0.1) is 11.6 Å². The summed E-state index contributed by atoms with van der Waals surface area (Å²) in [6.45, 7) is 0. The van der Waals surface area contributed by atoms with Crippen molar-refractivity contribution in [3.8, 4) is 0 Å². The first-order valence-corrected chi connectivity index (χ1v) is 6.50. The lowest BCUT2D eigenvalue weighted by molar-refractivity contribution is 0.0698. The van der Waals surface area contributed by atoms with Gasteiger partial charge in [-0.1, -0.05) is 24.3 Å². The summed E-state index contributed by atoms with van der Waals surface area (Å²) in [5.74, 6) is -0.734. The van der Waals surface area contributed by atoms with Gasteiger partial charge in [-0.25, -0.2) is 13.6 Å². The van der Waals surface area contributed by atoms with E-state index in [9.17, 15) is 13.6 Å². The van der Waals surface area contributed by atoms with Gasteiger partial charge in [0.15, 0.2) is 11.2 Å². The van der Waals surface area contributed by atoms with E-state index in [0.29, 0.717) is 17.5 Å². The van der Waals surface area contributed by atoms with Crippen molar-refractivity contribution in [1.82, 2.24) is 0 Å². The average Bonchev–Trinajstić information content (AvgIpc) is 2.99. The van der Waals surface area contributed by atoms with E-state index < -0.39 is 17.4 Å². The number of hydrogen-bond acceptors (Lipinski definition) is 3. The van der Waals surface area contributed by atoms with Crippen LogP contribution in [0.2, 0.25) is 0 Å². The highest BCUT2D eigenvalue weighted by Crippen LogP contribution is 2.70. The molecule has 0 bridgehead atoms. The fraction of sp³-hybridized carbons (Fsp3) is 0.188. The van der Waals surface area contributed by atoms with Crippen LogP contribution >= 0.6 is 0 Å². The van der Waals surface area contributed by atoms with Crippen LogP contribution < -0.4 is 0 Å². The SMILES string of the molecule is O=C1OC2(c3ccc(F)cc3)CC2(c2ccc(F)cc2)O1. The average molecular weight is 288 g/mol. The lowest BCUT2D eigenvalue weighted by atomic mass is 9.98. The molecule has 2 aliphatic rings. The molecule has 1 aliphatic heterocycles. The van der Waals surface area contributed by atoms with Gasteiger partial charge in [0.1, 0.15) is 11.6 Å². The van der Waals surface area contributed by atoms with Gasteiger partial charge in [-0.3, -0.25) is 0 Å². The van der Waals surface area contributed by atoms with Gasteiger partial charge in [0.2, 0.25) is 0 Å². The molecule has 0 amide bonds. The van der Waals surface area contributed by atoms with Gasteiger partial charge in [0, 0.05) is 17.5 Å². The normalized spacial score (nSPS) is 29.5. The number of carbonyl (C=O) groups excluding carboxylic acids is 1. The zero-order valence-corrected chi connectivity index (χ0v) is 10.8. The van der Waals surface area contributed by atoms with Crippen molar-refractivity contribution in [3.05, 3.63) is 71.3 Å². The molecule has 5 heteroatoms. The summed E-state index contributed by atoms with van der Waals surface area (Å²) in [5, 5.41) is 0. The summed E-state index contributed by atoms with van der Waals surface area (Å²) in [5.41, 5.74) is -0.566. The van der Waals surface area contributed by atoms with Crippen molar-refractivity contribution in [2.24, 2.45) is 0 Å². The van der Waals surface area contributed by atoms with Gasteiger partial charge in [-0.05, 0) is 24.3 Å². The van der Waals surface area contributed by atoms with Gasteiger partial charge in [-0.15, -0.1) is 0 Å². The van der Waals surface area contributed by atoms with Crippen molar-refractivity contribution in [2.45, 2.75) is 17.6 Å². The number of rotatable bonds is 2. The Morgan fingerprint density at radius 2 is 1.14 bits per heavy atom. The highest BCUT2D eigenvalue weighted by molar-refractivity contribution is 5.70. The molecule has 2 unspecified atom stereocenters. The lowest BCUT2D eigenvalue weighted by Crippen LogP contribution is -2.18. The molecule has 0 N–H and O–H groups in total. The number of ether oxygens (including phenoxy) is 2. The third-order valence-corrected chi connectivity index (χ3v) is 4.16. The molecule has 2 atom stereocenters. The van der Waals surface area contributed by atoms with E-state index in [1.807, 2.05) is 0 Å². The predicted molar refractivity (Wildman–Crippen MR) is 68.3 cm³/mol. The van der Waals surface area contributed by atoms with Crippen molar-refractivity contribution < 1.29 is 23.0 Å². The first-order chi connectivity index (χ1) is 10.1. The first kappa shape index (κ1) is 12.3.